The first-order valence-electron chi connectivity index (χ1n) is 11.1. The van der Waals surface area contributed by atoms with Crippen LogP contribution < -0.4 is 10.6 Å². The molecule has 168 valence electrons. The van der Waals surface area contributed by atoms with E-state index in [1.807, 2.05) is 25.1 Å². The fourth-order valence-electron chi connectivity index (χ4n) is 4.44. The van der Waals surface area contributed by atoms with Gasteiger partial charge in [-0.05, 0) is 68.2 Å². The van der Waals surface area contributed by atoms with E-state index < -0.39 is 5.91 Å². The largest absolute Gasteiger partial charge is 0.448 e. The van der Waals surface area contributed by atoms with Gasteiger partial charge >= 0.3 is 0 Å². The van der Waals surface area contributed by atoms with E-state index in [9.17, 15) is 9.59 Å². The Labute approximate surface area is 192 Å². The second-order valence-electron chi connectivity index (χ2n) is 8.92. The van der Waals surface area contributed by atoms with Crippen LogP contribution in [0, 0.1) is 24.7 Å². The predicted molar refractivity (Wildman–Crippen MR) is 127 cm³/mol. The number of furan rings is 1. The summed E-state index contributed by atoms with van der Waals surface area (Å²) in [6.45, 7) is 6.39. The molecule has 6 nitrogen and oxygen atoms in total. The average molecular weight is 454 g/mol. The number of aromatic nitrogens is 1. The molecule has 32 heavy (non-hydrogen) atoms. The van der Waals surface area contributed by atoms with Crippen LogP contribution in [0.5, 0.6) is 0 Å². The Bertz CT molecular complexity index is 1130. The molecule has 3 aromatic rings. The van der Waals surface area contributed by atoms with Crippen LogP contribution in [0.4, 0.5) is 11.5 Å². The van der Waals surface area contributed by atoms with Crippen LogP contribution in [-0.4, -0.2) is 16.8 Å². The molecule has 0 unspecified atom stereocenters. The van der Waals surface area contributed by atoms with Crippen molar-refractivity contribution in [1.29, 1.82) is 0 Å². The van der Waals surface area contributed by atoms with Gasteiger partial charge in [-0.3, -0.25) is 9.59 Å². The van der Waals surface area contributed by atoms with E-state index in [2.05, 4.69) is 29.5 Å². The lowest BCUT2D eigenvalue weighted by molar-refractivity contribution is -0.121. The standard InChI is InChI=1S/C25H28ClN3O3/c1-14(2)16-7-9-17(10-8-16)24(30)29-21-19-6-4-5-15(3)22(19)32-23(21)25(31)28-20-12-11-18(26)13-27-20/h4-6,11-14,16-17H,7-10H2,1-3H3,(H,29,30)(H,27,28,31). The zero-order valence-corrected chi connectivity index (χ0v) is 19.3. The Kier molecular flexibility index (Phi) is 6.51. The van der Waals surface area contributed by atoms with Crippen molar-refractivity contribution >= 4 is 45.9 Å². The lowest BCUT2D eigenvalue weighted by atomic mass is 9.76. The number of fused-ring (bicyclic) bond motifs is 1. The van der Waals surface area contributed by atoms with E-state index >= 15 is 0 Å². The van der Waals surface area contributed by atoms with Crippen LogP contribution in [-0.2, 0) is 4.79 Å². The fraction of sp³-hybridized carbons (Fsp3) is 0.400. The first kappa shape index (κ1) is 22.3. The average Bonchev–Trinajstić information content (AvgIpc) is 3.15. The zero-order valence-electron chi connectivity index (χ0n) is 18.6. The molecular formula is C25H28ClN3O3. The van der Waals surface area contributed by atoms with Gasteiger partial charge in [0.25, 0.3) is 5.91 Å². The highest BCUT2D eigenvalue weighted by Crippen LogP contribution is 2.37. The maximum absolute atomic E-state index is 13.1. The van der Waals surface area contributed by atoms with Gasteiger partial charge in [0.2, 0.25) is 11.7 Å². The minimum absolute atomic E-state index is 0.0601. The van der Waals surface area contributed by atoms with Crippen molar-refractivity contribution in [3.8, 4) is 0 Å². The van der Waals surface area contributed by atoms with Gasteiger partial charge in [-0.15, -0.1) is 0 Å². The highest BCUT2D eigenvalue weighted by atomic mass is 35.5. The van der Waals surface area contributed by atoms with Crippen LogP contribution in [0.3, 0.4) is 0 Å². The molecule has 0 aliphatic heterocycles. The van der Waals surface area contributed by atoms with Gasteiger partial charge in [0.05, 0.1) is 5.02 Å². The van der Waals surface area contributed by atoms with Crippen LogP contribution in [0.2, 0.25) is 5.02 Å². The first-order chi connectivity index (χ1) is 15.3. The number of anilines is 2. The molecule has 7 heteroatoms. The van der Waals surface area contributed by atoms with E-state index in [-0.39, 0.29) is 17.6 Å². The van der Waals surface area contributed by atoms with Crippen molar-refractivity contribution < 1.29 is 14.0 Å². The Morgan fingerprint density at radius 1 is 1.09 bits per heavy atom. The van der Waals surface area contributed by atoms with Gasteiger partial charge in [-0.2, -0.15) is 0 Å². The van der Waals surface area contributed by atoms with Crippen LogP contribution in [0.1, 0.15) is 55.6 Å². The van der Waals surface area contributed by atoms with Gasteiger partial charge in [-0.25, -0.2) is 4.98 Å². The van der Waals surface area contributed by atoms with Crippen LogP contribution in [0.25, 0.3) is 11.0 Å². The lowest BCUT2D eigenvalue weighted by Gasteiger charge is -2.30. The predicted octanol–water partition coefficient (Wildman–Crippen LogP) is 6.44. The van der Waals surface area contributed by atoms with E-state index in [1.165, 1.54) is 6.20 Å². The Morgan fingerprint density at radius 3 is 2.50 bits per heavy atom. The number of hydrogen-bond acceptors (Lipinski definition) is 4. The number of hydrogen-bond donors (Lipinski definition) is 2. The van der Waals surface area contributed by atoms with Crippen LogP contribution >= 0.6 is 11.6 Å². The van der Waals surface area contributed by atoms with E-state index in [0.29, 0.717) is 39.3 Å². The normalized spacial score (nSPS) is 18.7. The van der Waals surface area contributed by atoms with Crippen molar-refractivity contribution in [3.63, 3.8) is 0 Å². The summed E-state index contributed by atoms with van der Waals surface area (Å²) in [4.78, 5) is 30.3. The fourth-order valence-corrected chi connectivity index (χ4v) is 4.55. The minimum atomic E-state index is -0.478. The summed E-state index contributed by atoms with van der Waals surface area (Å²) in [5.41, 5.74) is 1.88. The van der Waals surface area contributed by atoms with Gasteiger partial charge in [0, 0.05) is 17.5 Å². The monoisotopic (exact) mass is 453 g/mol. The highest BCUT2D eigenvalue weighted by Gasteiger charge is 2.30. The molecule has 1 aromatic carbocycles. The summed E-state index contributed by atoms with van der Waals surface area (Å²) in [6.07, 6.45) is 5.28. The maximum Gasteiger partial charge on any atom is 0.294 e. The number of nitrogens with one attached hydrogen (secondary N) is 2. The summed E-state index contributed by atoms with van der Waals surface area (Å²) in [5.74, 6) is 1.12. The molecule has 1 saturated carbocycles. The van der Waals surface area contributed by atoms with Crippen molar-refractivity contribution in [3.05, 3.63) is 52.9 Å². The molecule has 1 aliphatic carbocycles. The van der Waals surface area contributed by atoms with Crippen molar-refractivity contribution in [2.24, 2.45) is 17.8 Å². The Morgan fingerprint density at radius 2 is 1.84 bits per heavy atom. The quantitative estimate of drug-likeness (QED) is 0.465. The molecule has 4 rings (SSSR count). The second kappa shape index (κ2) is 9.33. The van der Waals surface area contributed by atoms with E-state index in [1.54, 1.807) is 12.1 Å². The smallest absolute Gasteiger partial charge is 0.294 e. The number of halogens is 1. The van der Waals surface area contributed by atoms with Crippen molar-refractivity contribution in [1.82, 2.24) is 4.98 Å². The Balaban J connectivity index is 1.60. The molecule has 0 spiro atoms. The molecule has 2 heterocycles. The summed E-state index contributed by atoms with van der Waals surface area (Å²) in [6, 6.07) is 8.91. The molecule has 2 amide bonds. The van der Waals surface area contributed by atoms with Crippen LogP contribution in [0.15, 0.2) is 40.9 Å². The third-order valence-corrected chi connectivity index (χ3v) is 6.64. The van der Waals surface area contributed by atoms with Crippen molar-refractivity contribution in [2.75, 3.05) is 10.6 Å². The number of aryl methyl sites for hydroxylation is 1. The van der Waals surface area contributed by atoms with Gasteiger partial charge in [0.1, 0.15) is 17.1 Å². The number of benzene rings is 1. The van der Waals surface area contributed by atoms with Gasteiger partial charge in [0.15, 0.2) is 0 Å². The molecule has 0 saturated heterocycles. The summed E-state index contributed by atoms with van der Waals surface area (Å²) in [7, 11) is 0. The third kappa shape index (κ3) is 4.65. The van der Waals surface area contributed by atoms with E-state index in [4.69, 9.17) is 16.0 Å². The molecular weight excluding hydrogens is 426 g/mol. The summed E-state index contributed by atoms with van der Waals surface area (Å²) < 4.78 is 5.94. The number of nitrogens with zero attached hydrogens (tertiary/aromatic N) is 1. The number of rotatable bonds is 5. The van der Waals surface area contributed by atoms with Crippen molar-refractivity contribution in [2.45, 2.75) is 46.5 Å². The Hall–Kier alpha value is -2.86. The molecule has 1 fully saturated rings. The molecule has 0 bridgehead atoms. The first-order valence-corrected chi connectivity index (χ1v) is 11.5. The highest BCUT2D eigenvalue weighted by molar-refractivity contribution is 6.30. The summed E-state index contributed by atoms with van der Waals surface area (Å²) >= 11 is 5.88. The number of carbonyl (C=O) groups excluding carboxylic acids is 2. The number of amides is 2. The van der Waals surface area contributed by atoms with E-state index in [0.717, 1.165) is 31.2 Å². The molecule has 2 N–H and O–H groups in total. The molecule has 2 aromatic heterocycles. The third-order valence-electron chi connectivity index (χ3n) is 6.42. The number of carbonyl (C=O) groups is 2. The second-order valence-corrected chi connectivity index (χ2v) is 9.35. The summed E-state index contributed by atoms with van der Waals surface area (Å²) in [5, 5.41) is 6.92. The number of pyridine rings is 1. The topological polar surface area (TPSA) is 84.2 Å². The van der Waals surface area contributed by atoms with Gasteiger partial charge in [-0.1, -0.05) is 37.6 Å². The minimum Gasteiger partial charge on any atom is -0.448 e. The maximum atomic E-state index is 13.1. The molecule has 1 aliphatic rings. The zero-order chi connectivity index (χ0) is 22.8. The molecule has 0 atom stereocenters. The lowest BCUT2D eigenvalue weighted by Crippen LogP contribution is -2.29. The number of para-hydroxylation sites is 1. The SMILES string of the molecule is Cc1cccc2c(NC(=O)C3CCC(C(C)C)CC3)c(C(=O)Nc3ccc(Cl)cn3)oc12. The molecule has 0 radical (unpaired) electrons. The van der Waals surface area contributed by atoms with Gasteiger partial charge < -0.3 is 15.1 Å².